The molecule has 3 rings (SSSR count). The molecule has 0 spiro atoms. The lowest BCUT2D eigenvalue weighted by Crippen LogP contribution is -3.15. The van der Waals surface area contributed by atoms with Gasteiger partial charge in [0.2, 0.25) is 10.0 Å². The van der Waals surface area contributed by atoms with Crippen molar-refractivity contribution in [2.75, 3.05) is 39.8 Å². The van der Waals surface area contributed by atoms with Gasteiger partial charge >= 0.3 is 0 Å². The Labute approximate surface area is 164 Å². The number of rotatable bonds is 6. The molecule has 0 atom stereocenters. The average molecular weight is 414 g/mol. The van der Waals surface area contributed by atoms with E-state index in [-0.39, 0.29) is 9.92 Å². The number of quaternary nitrogens is 1. The standard InChI is InChI=1S/C19H22ClFN2O3S/c1-26-16-4-2-15(3-5-16)8-9-22-10-12-23(13-11-22)27(24,25)17-6-7-19(21)18(20)14-17/h2-7,14H,8-13H2,1H3/p+1. The largest absolute Gasteiger partial charge is 0.497 e. The van der Waals surface area contributed by atoms with Gasteiger partial charge in [0, 0.05) is 6.42 Å². The van der Waals surface area contributed by atoms with Gasteiger partial charge in [-0.1, -0.05) is 23.7 Å². The highest BCUT2D eigenvalue weighted by atomic mass is 35.5. The summed E-state index contributed by atoms with van der Waals surface area (Å²) in [6.07, 6.45) is 0.930. The Morgan fingerprint density at radius 3 is 2.41 bits per heavy atom. The Hall–Kier alpha value is -1.67. The van der Waals surface area contributed by atoms with Gasteiger partial charge in [-0.3, -0.25) is 0 Å². The second kappa shape index (κ2) is 8.56. The molecule has 1 N–H and O–H groups in total. The van der Waals surface area contributed by atoms with Crippen molar-refractivity contribution in [2.24, 2.45) is 0 Å². The van der Waals surface area contributed by atoms with Crippen LogP contribution in [0.1, 0.15) is 5.56 Å². The van der Waals surface area contributed by atoms with Crippen LogP contribution in [0, 0.1) is 5.82 Å². The number of methoxy groups -OCH3 is 1. The van der Waals surface area contributed by atoms with Crippen LogP contribution in [0.25, 0.3) is 0 Å². The molecule has 1 aliphatic rings. The van der Waals surface area contributed by atoms with Crippen LogP contribution < -0.4 is 9.64 Å². The Balaban J connectivity index is 1.55. The van der Waals surface area contributed by atoms with E-state index in [2.05, 4.69) is 12.1 Å². The highest BCUT2D eigenvalue weighted by Crippen LogP contribution is 2.22. The van der Waals surface area contributed by atoms with E-state index in [1.807, 2.05) is 12.1 Å². The van der Waals surface area contributed by atoms with E-state index in [0.29, 0.717) is 13.1 Å². The molecule has 8 heteroatoms. The lowest BCUT2D eigenvalue weighted by Gasteiger charge is -2.31. The highest BCUT2D eigenvalue weighted by Gasteiger charge is 2.30. The van der Waals surface area contributed by atoms with Gasteiger partial charge in [0.25, 0.3) is 0 Å². The maximum absolute atomic E-state index is 13.3. The number of hydrogen-bond acceptors (Lipinski definition) is 3. The molecule has 0 saturated carbocycles. The van der Waals surface area contributed by atoms with E-state index in [4.69, 9.17) is 16.3 Å². The van der Waals surface area contributed by atoms with Gasteiger partial charge in [-0.15, -0.1) is 0 Å². The maximum atomic E-state index is 13.3. The van der Waals surface area contributed by atoms with Crippen LogP contribution in [0.5, 0.6) is 5.75 Å². The fourth-order valence-corrected chi connectivity index (χ4v) is 4.91. The van der Waals surface area contributed by atoms with Gasteiger partial charge in [-0.05, 0) is 35.9 Å². The van der Waals surface area contributed by atoms with Gasteiger partial charge in [-0.2, -0.15) is 4.31 Å². The third-order valence-corrected chi connectivity index (χ3v) is 7.07. The first-order valence-electron chi connectivity index (χ1n) is 8.82. The zero-order chi connectivity index (χ0) is 19.4. The second-order valence-electron chi connectivity index (χ2n) is 6.58. The van der Waals surface area contributed by atoms with Gasteiger partial charge in [0.1, 0.15) is 11.6 Å². The molecule has 1 heterocycles. The Morgan fingerprint density at radius 1 is 1.15 bits per heavy atom. The number of ether oxygens (including phenoxy) is 1. The number of hydrogen-bond donors (Lipinski definition) is 1. The van der Waals surface area contributed by atoms with E-state index >= 15 is 0 Å². The summed E-state index contributed by atoms with van der Waals surface area (Å²) in [5, 5.41) is -0.181. The number of benzene rings is 2. The molecule has 146 valence electrons. The van der Waals surface area contributed by atoms with Crippen molar-refractivity contribution in [3.05, 3.63) is 58.9 Å². The van der Waals surface area contributed by atoms with E-state index in [1.165, 1.54) is 26.9 Å². The summed E-state index contributed by atoms with van der Waals surface area (Å²) < 4.78 is 45.4. The summed E-state index contributed by atoms with van der Waals surface area (Å²) in [5.41, 5.74) is 1.24. The number of sulfonamides is 1. The van der Waals surface area contributed by atoms with Crippen molar-refractivity contribution in [3.63, 3.8) is 0 Å². The van der Waals surface area contributed by atoms with Gasteiger partial charge in [-0.25, -0.2) is 12.8 Å². The summed E-state index contributed by atoms with van der Waals surface area (Å²) in [6, 6.07) is 11.5. The third kappa shape index (κ3) is 4.79. The maximum Gasteiger partial charge on any atom is 0.243 e. The van der Waals surface area contributed by atoms with Gasteiger partial charge < -0.3 is 9.64 Å². The van der Waals surface area contributed by atoms with E-state index in [1.54, 1.807) is 7.11 Å². The fraction of sp³-hybridized carbons (Fsp3) is 0.368. The molecule has 1 saturated heterocycles. The van der Waals surface area contributed by atoms with Crippen molar-refractivity contribution in [2.45, 2.75) is 11.3 Å². The molecule has 0 radical (unpaired) electrons. The minimum absolute atomic E-state index is 0.0376. The summed E-state index contributed by atoms with van der Waals surface area (Å²) >= 11 is 5.73. The quantitative estimate of drug-likeness (QED) is 0.783. The summed E-state index contributed by atoms with van der Waals surface area (Å²) in [7, 11) is -2.00. The first-order chi connectivity index (χ1) is 12.9. The Kier molecular flexibility index (Phi) is 6.37. The number of nitrogens with zero attached hydrogens (tertiary/aromatic N) is 1. The lowest BCUT2D eigenvalue weighted by atomic mass is 10.1. The minimum atomic E-state index is -3.64. The van der Waals surface area contributed by atoms with Crippen LogP contribution in [0.2, 0.25) is 5.02 Å². The second-order valence-corrected chi connectivity index (χ2v) is 8.92. The zero-order valence-electron chi connectivity index (χ0n) is 15.1. The monoisotopic (exact) mass is 413 g/mol. The molecule has 27 heavy (non-hydrogen) atoms. The first kappa shape index (κ1) is 20.1. The van der Waals surface area contributed by atoms with Crippen molar-refractivity contribution < 1.29 is 22.4 Å². The summed E-state index contributed by atoms with van der Waals surface area (Å²) in [6.45, 7) is 3.31. The van der Waals surface area contributed by atoms with Crippen molar-refractivity contribution in [3.8, 4) is 5.75 Å². The third-order valence-electron chi connectivity index (χ3n) is 4.88. The fourth-order valence-electron chi connectivity index (χ4n) is 3.19. The molecule has 0 bridgehead atoms. The summed E-state index contributed by atoms with van der Waals surface area (Å²) in [5.74, 6) is 0.217. The molecule has 0 aliphatic carbocycles. The van der Waals surface area contributed by atoms with Crippen LogP contribution >= 0.6 is 11.6 Å². The van der Waals surface area contributed by atoms with Crippen LogP contribution in [-0.2, 0) is 16.4 Å². The number of halogens is 2. The molecule has 0 unspecified atom stereocenters. The van der Waals surface area contributed by atoms with E-state index in [9.17, 15) is 12.8 Å². The first-order valence-corrected chi connectivity index (χ1v) is 10.6. The van der Waals surface area contributed by atoms with Crippen molar-refractivity contribution >= 4 is 21.6 Å². The van der Waals surface area contributed by atoms with Crippen LogP contribution in [-0.4, -0.2) is 52.6 Å². The highest BCUT2D eigenvalue weighted by molar-refractivity contribution is 7.89. The Morgan fingerprint density at radius 2 is 1.81 bits per heavy atom. The average Bonchev–Trinajstić information content (AvgIpc) is 2.69. The smallest absolute Gasteiger partial charge is 0.243 e. The van der Waals surface area contributed by atoms with E-state index < -0.39 is 15.8 Å². The summed E-state index contributed by atoms with van der Waals surface area (Å²) in [4.78, 5) is 1.41. The van der Waals surface area contributed by atoms with Crippen molar-refractivity contribution in [1.82, 2.24) is 4.31 Å². The van der Waals surface area contributed by atoms with Crippen molar-refractivity contribution in [1.29, 1.82) is 0 Å². The predicted octanol–water partition coefficient (Wildman–Crippen LogP) is 1.62. The number of piperazine rings is 1. The molecule has 2 aromatic rings. The molecule has 1 aliphatic heterocycles. The van der Waals surface area contributed by atoms with E-state index in [0.717, 1.165) is 37.9 Å². The van der Waals surface area contributed by atoms with Crippen LogP contribution in [0.4, 0.5) is 4.39 Å². The normalized spacial score (nSPS) is 16.4. The number of nitrogens with one attached hydrogen (secondary N) is 1. The SMILES string of the molecule is COc1ccc(CC[NH+]2CCN(S(=O)(=O)c3ccc(F)c(Cl)c3)CC2)cc1. The molecule has 0 amide bonds. The van der Waals surface area contributed by atoms with Gasteiger partial charge in [0.05, 0.1) is 49.8 Å². The molecule has 0 aromatic heterocycles. The lowest BCUT2D eigenvalue weighted by molar-refractivity contribution is -0.903. The van der Waals surface area contributed by atoms with Crippen LogP contribution in [0.15, 0.2) is 47.4 Å². The Bertz CT molecular complexity index is 882. The molecule has 1 fully saturated rings. The van der Waals surface area contributed by atoms with Crippen LogP contribution in [0.3, 0.4) is 0 Å². The predicted molar refractivity (Wildman–Crippen MR) is 102 cm³/mol. The zero-order valence-corrected chi connectivity index (χ0v) is 16.7. The van der Waals surface area contributed by atoms with Gasteiger partial charge in [0.15, 0.2) is 0 Å². The molecular formula is C19H23ClFN2O3S+. The topological polar surface area (TPSA) is 51.1 Å². The minimum Gasteiger partial charge on any atom is -0.497 e. The molecule has 5 nitrogen and oxygen atoms in total. The molecule has 2 aromatic carbocycles. The molecular weight excluding hydrogens is 391 g/mol.